The van der Waals surface area contributed by atoms with Crippen molar-refractivity contribution >= 4 is 29.4 Å². The van der Waals surface area contributed by atoms with Gasteiger partial charge < -0.3 is 14.4 Å². The zero-order valence-corrected chi connectivity index (χ0v) is 14.8. The Hall–Kier alpha value is -1.98. The van der Waals surface area contributed by atoms with Gasteiger partial charge in [-0.05, 0) is 32.2 Å². The zero-order chi connectivity index (χ0) is 16.7. The van der Waals surface area contributed by atoms with Crippen LogP contribution < -0.4 is 0 Å². The quantitative estimate of drug-likeness (QED) is 0.787. The van der Waals surface area contributed by atoms with Crippen molar-refractivity contribution in [2.24, 2.45) is 0 Å². The van der Waals surface area contributed by atoms with Gasteiger partial charge in [-0.2, -0.15) is 0 Å². The van der Waals surface area contributed by atoms with Crippen LogP contribution in [0.25, 0.3) is 11.4 Å². The lowest BCUT2D eigenvalue weighted by molar-refractivity contribution is -0.103. The van der Waals surface area contributed by atoms with Crippen molar-refractivity contribution in [3.8, 4) is 0 Å². The number of hydrogen-bond donors (Lipinski definition) is 0. The van der Waals surface area contributed by atoms with Crippen molar-refractivity contribution in [1.82, 2.24) is 14.4 Å². The van der Waals surface area contributed by atoms with Crippen molar-refractivity contribution < 1.29 is 4.79 Å². The Morgan fingerprint density at radius 2 is 1.79 bits per heavy atom. The molecular weight excluding hydrogens is 318 g/mol. The number of nitrogens with zero attached hydrogens (tertiary/aromatic N) is 3. The molecule has 2 aliphatic rings. The van der Waals surface area contributed by atoms with E-state index in [1.54, 1.807) is 11.8 Å². The normalized spacial score (nSPS) is 18.2. The number of likely N-dealkylation sites (N-methyl/N-ethyl adjacent to an activating group) is 1. The van der Waals surface area contributed by atoms with Gasteiger partial charge in [0, 0.05) is 42.3 Å². The first-order chi connectivity index (χ1) is 11.7. The van der Waals surface area contributed by atoms with Crippen LogP contribution in [0.5, 0.6) is 0 Å². The third kappa shape index (κ3) is 2.48. The summed E-state index contributed by atoms with van der Waals surface area (Å²) in [5.41, 5.74) is 4.09. The van der Waals surface area contributed by atoms with E-state index < -0.39 is 0 Å². The van der Waals surface area contributed by atoms with Gasteiger partial charge in [0.05, 0.1) is 10.7 Å². The molecule has 0 saturated carbocycles. The van der Waals surface area contributed by atoms with E-state index in [0.717, 1.165) is 60.1 Å². The summed E-state index contributed by atoms with van der Waals surface area (Å²) >= 11 is 1.74. The molecule has 2 aliphatic heterocycles. The minimum absolute atomic E-state index is 0.759. The summed E-state index contributed by atoms with van der Waals surface area (Å²) in [4.78, 5) is 18.0. The number of benzene rings is 1. The minimum Gasteiger partial charge on any atom is -0.367 e. The molecule has 0 N–H and O–H groups in total. The molecule has 0 radical (unpaired) electrons. The molecule has 4 rings (SSSR count). The lowest BCUT2D eigenvalue weighted by Crippen LogP contribution is -2.43. The molecule has 124 valence electrons. The minimum atomic E-state index is 0.759. The number of aryl methyl sites for hydroxylation is 1. The smallest absolute Gasteiger partial charge is 0.169 e. The van der Waals surface area contributed by atoms with E-state index in [4.69, 9.17) is 0 Å². The van der Waals surface area contributed by atoms with E-state index in [1.807, 2.05) is 0 Å². The number of aldehydes is 1. The maximum absolute atomic E-state index is 12.1. The van der Waals surface area contributed by atoms with Gasteiger partial charge in [-0.1, -0.05) is 30.0 Å². The second-order valence-corrected chi connectivity index (χ2v) is 7.45. The molecule has 1 saturated heterocycles. The van der Waals surface area contributed by atoms with Gasteiger partial charge in [-0.25, -0.2) is 0 Å². The van der Waals surface area contributed by atoms with Crippen molar-refractivity contribution in [2.75, 3.05) is 33.2 Å². The van der Waals surface area contributed by atoms with Crippen LogP contribution in [0.2, 0.25) is 0 Å². The number of aromatic nitrogens is 1. The number of fused-ring (bicyclic) bond motifs is 2. The zero-order valence-electron chi connectivity index (χ0n) is 14.0. The molecule has 2 aromatic rings. The Kier molecular flexibility index (Phi) is 3.98. The molecule has 0 bridgehead atoms. The van der Waals surface area contributed by atoms with E-state index in [2.05, 4.69) is 64.7 Å². The summed E-state index contributed by atoms with van der Waals surface area (Å²) in [6.07, 6.45) is 1.02. The monoisotopic (exact) mass is 339 g/mol. The Morgan fingerprint density at radius 1 is 1.04 bits per heavy atom. The molecule has 5 heteroatoms. The topological polar surface area (TPSA) is 28.5 Å². The standard InChI is InChI=1S/C19H21N3OS/c1-14-7-8-18-22(14)16(13-23)19(21-11-9-20(2)10-12-21)15-5-3-4-6-17(15)24-18/h3-8,13H,9-12H2,1-2H3. The third-order valence-electron chi connectivity index (χ3n) is 4.81. The van der Waals surface area contributed by atoms with Crippen molar-refractivity contribution in [2.45, 2.75) is 16.8 Å². The summed E-state index contributed by atoms with van der Waals surface area (Å²) in [5, 5.41) is 1.10. The Labute approximate surface area is 146 Å². The van der Waals surface area contributed by atoms with Crippen LogP contribution in [0, 0.1) is 6.92 Å². The first-order valence-corrected chi connectivity index (χ1v) is 9.09. The van der Waals surface area contributed by atoms with Gasteiger partial charge in [0.25, 0.3) is 0 Å². The lowest BCUT2D eigenvalue weighted by Gasteiger charge is -2.36. The fraction of sp³-hybridized carbons (Fsp3) is 0.316. The van der Waals surface area contributed by atoms with E-state index in [-0.39, 0.29) is 0 Å². The average molecular weight is 339 g/mol. The Bertz CT molecular complexity index is 816. The number of hydrogen-bond acceptors (Lipinski definition) is 4. The number of rotatable bonds is 2. The van der Waals surface area contributed by atoms with Gasteiger partial charge in [0.1, 0.15) is 5.70 Å². The molecule has 0 unspecified atom stereocenters. The maximum Gasteiger partial charge on any atom is 0.169 e. The van der Waals surface area contributed by atoms with Crippen molar-refractivity contribution in [1.29, 1.82) is 0 Å². The predicted octanol–water partition coefficient (Wildman–Crippen LogP) is 3.03. The number of allylic oxidation sites excluding steroid dienone is 1. The number of carbonyl (C=O) groups is 1. The third-order valence-corrected chi connectivity index (χ3v) is 5.92. The van der Waals surface area contributed by atoms with Gasteiger partial charge in [0.15, 0.2) is 6.29 Å². The van der Waals surface area contributed by atoms with Crippen LogP contribution in [0.15, 0.2) is 46.3 Å². The van der Waals surface area contributed by atoms with Crippen LogP contribution in [0.3, 0.4) is 0 Å². The van der Waals surface area contributed by atoms with Crippen LogP contribution in [0.4, 0.5) is 0 Å². The van der Waals surface area contributed by atoms with Crippen LogP contribution in [0.1, 0.15) is 11.3 Å². The molecular formula is C19H21N3OS. The van der Waals surface area contributed by atoms with E-state index in [0.29, 0.717) is 0 Å². The van der Waals surface area contributed by atoms with Gasteiger partial charge in [-0.15, -0.1) is 0 Å². The molecule has 24 heavy (non-hydrogen) atoms. The first-order valence-electron chi connectivity index (χ1n) is 8.28. The molecule has 0 atom stereocenters. The highest BCUT2D eigenvalue weighted by Crippen LogP contribution is 2.42. The van der Waals surface area contributed by atoms with Crippen LogP contribution >= 0.6 is 11.8 Å². The molecule has 1 aromatic heterocycles. The Morgan fingerprint density at radius 3 is 2.54 bits per heavy atom. The van der Waals surface area contributed by atoms with Crippen LogP contribution in [-0.2, 0) is 4.79 Å². The highest BCUT2D eigenvalue weighted by molar-refractivity contribution is 7.99. The predicted molar refractivity (Wildman–Crippen MR) is 98.0 cm³/mol. The molecule has 3 heterocycles. The summed E-state index contributed by atoms with van der Waals surface area (Å²) in [6, 6.07) is 12.6. The maximum atomic E-state index is 12.1. The van der Waals surface area contributed by atoms with Gasteiger partial charge in [-0.3, -0.25) is 4.79 Å². The largest absolute Gasteiger partial charge is 0.367 e. The highest BCUT2D eigenvalue weighted by Gasteiger charge is 2.28. The fourth-order valence-electron chi connectivity index (χ4n) is 3.48. The second-order valence-electron chi connectivity index (χ2n) is 6.39. The second kappa shape index (κ2) is 6.15. The summed E-state index contributed by atoms with van der Waals surface area (Å²) < 4.78 is 2.10. The summed E-state index contributed by atoms with van der Waals surface area (Å²) in [5.74, 6) is 0. The van der Waals surface area contributed by atoms with Crippen molar-refractivity contribution in [3.63, 3.8) is 0 Å². The molecule has 0 amide bonds. The number of carbonyl (C=O) groups excluding carboxylic acids is 1. The molecule has 0 aliphatic carbocycles. The fourth-order valence-corrected chi connectivity index (χ4v) is 4.60. The van der Waals surface area contributed by atoms with Crippen molar-refractivity contribution in [3.05, 3.63) is 47.7 Å². The summed E-state index contributed by atoms with van der Waals surface area (Å²) in [7, 11) is 2.15. The Balaban J connectivity index is 1.95. The summed E-state index contributed by atoms with van der Waals surface area (Å²) in [6.45, 7) is 5.98. The van der Waals surface area contributed by atoms with Crippen LogP contribution in [-0.4, -0.2) is 53.9 Å². The molecule has 4 nitrogen and oxygen atoms in total. The SMILES string of the molecule is Cc1ccc2n1C(C=O)=C(N1CCN(C)CC1)c1ccccc1S2. The van der Waals surface area contributed by atoms with E-state index in [9.17, 15) is 4.79 Å². The lowest BCUT2D eigenvalue weighted by atomic mass is 10.1. The number of piperazine rings is 1. The van der Waals surface area contributed by atoms with Gasteiger partial charge >= 0.3 is 0 Å². The first kappa shape index (κ1) is 15.5. The average Bonchev–Trinajstić information content (AvgIpc) is 2.88. The molecule has 1 fully saturated rings. The van der Waals surface area contributed by atoms with E-state index >= 15 is 0 Å². The van der Waals surface area contributed by atoms with E-state index in [1.165, 1.54) is 4.90 Å². The molecule has 0 spiro atoms. The molecule has 1 aromatic carbocycles. The van der Waals surface area contributed by atoms with Gasteiger partial charge in [0.2, 0.25) is 0 Å². The highest BCUT2D eigenvalue weighted by atomic mass is 32.2.